The molecule has 58 valence electrons. The van der Waals surface area contributed by atoms with Gasteiger partial charge in [0.2, 0.25) is 0 Å². The van der Waals surface area contributed by atoms with E-state index in [2.05, 4.69) is 12.1 Å². The predicted molar refractivity (Wildman–Crippen MR) is 48.0 cm³/mol. The highest BCUT2D eigenvalue weighted by Gasteiger charge is 2.20. The predicted octanol–water partition coefficient (Wildman–Crippen LogP) is 3.61. The molecule has 1 aromatic rings. The average molecular weight is 167 g/mol. The third kappa shape index (κ3) is 1.28. The Balaban J connectivity index is 2.28. The maximum atomic E-state index is 6.03. The summed E-state index contributed by atoms with van der Waals surface area (Å²) in [6.45, 7) is 0. The van der Waals surface area contributed by atoms with Gasteiger partial charge in [-0.25, -0.2) is 0 Å². The Bertz CT molecular complexity index is 251. The van der Waals surface area contributed by atoms with Gasteiger partial charge in [0.15, 0.2) is 0 Å². The fourth-order valence-electron chi connectivity index (χ4n) is 1.53. The first-order valence-corrected chi connectivity index (χ1v) is 4.50. The number of rotatable bonds is 1. The van der Waals surface area contributed by atoms with Crippen molar-refractivity contribution < 1.29 is 0 Å². The molecule has 0 amide bonds. The minimum absolute atomic E-state index is 0.753. The van der Waals surface area contributed by atoms with Crippen LogP contribution in [0.1, 0.15) is 30.7 Å². The first-order valence-electron chi connectivity index (χ1n) is 4.12. The van der Waals surface area contributed by atoms with Crippen LogP contribution in [0, 0.1) is 0 Å². The summed E-state index contributed by atoms with van der Waals surface area (Å²) < 4.78 is 0. The minimum Gasteiger partial charge on any atom is -0.0840 e. The molecule has 1 saturated carbocycles. The largest absolute Gasteiger partial charge is 0.0840 e. The number of halogens is 1. The quantitative estimate of drug-likeness (QED) is 0.598. The van der Waals surface area contributed by atoms with Crippen molar-refractivity contribution in [1.29, 1.82) is 0 Å². The lowest BCUT2D eigenvalue weighted by Crippen LogP contribution is -2.08. The Morgan fingerprint density at radius 2 is 1.91 bits per heavy atom. The highest BCUT2D eigenvalue weighted by atomic mass is 35.5. The lowest BCUT2D eigenvalue weighted by atomic mass is 9.80. The van der Waals surface area contributed by atoms with Crippen LogP contribution in [0.25, 0.3) is 0 Å². The Hall–Kier alpha value is -0.490. The van der Waals surface area contributed by atoms with Crippen LogP contribution in [0.3, 0.4) is 0 Å². The molecule has 0 saturated heterocycles. The van der Waals surface area contributed by atoms with Crippen LogP contribution in [0.15, 0.2) is 24.3 Å². The zero-order valence-electron chi connectivity index (χ0n) is 6.39. The van der Waals surface area contributed by atoms with E-state index in [1.165, 1.54) is 24.8 Å². The van der Waals surface area contributed by atoms with Gasteiger partial charge in [-0.15, -0.1) is 0 Å². The van der Waals surface area contributed by atoms with Gasteiger partial charge in [0, 0.05) is 5.02 Å². The highest BCUT2D eigenvalue weighted by Crippen LogP contribution is 2.39. The van der Waals surface area contributed by atoms with E-state index in [0.717, 1.165) is 10.9 Å². The second kappa shape index (κ2) is 2.86. The van der Waals surface area contributed by atoms with Crippen LogP contribution in [-0.2, 0) is 0 Å². The molecule has 0 N–H and O–H groups in total. The van der Waals surface area contributed by atoms with Crippen LogP contribution in [0.5, 0.6) is 0 Å². The Kier molecular flexibility index (Phi) is 1.87. The summed E-state index contributed by atoms with van der Waals surface area (Å²) in [5.74, 6) is 0.753. The van der Waals surface area contributed by atoms with Gasteiger partial charge in [0.25, 0.3) is 0 Å². The number of benzene rings is 1. The van der Waals surface area contributed by atoms with Crippen molar-refractivity contribution in [3.8, 4) is 0 Å². The summed E-state index contributed by atoms with van der Waals surface area (Å²) in [5.41, 5.74) is 1.35. The average Bonchev–Trinajstić information content (AvgIpc) is 1.90. The normalized spacial score (nSPS) is 17.9. The van der Waals surface area contributed by atoms with E-state index in [-0.39, 0.29) is 0 Å². The Morgan fingerprint density at radius 1 is 1.18 bits per heavy atom. The molecule has 0 heterocycles. The van der Waals surface area contributed by atoms with E-state index < -0.39 is 0 Å². The molecule has 0 bridgehead atoms. The summed E-state index contributed by atoms with van der Waals surface area (Å²) in [7, 11) is 0. The maximum Gasteiger partial charge on any atom is 0.0440 e. The van der Waals surface area contributed by atoms with Crippen LogP contribution < -0.4 is 0 Å². The van der Waals surface area contributed by atoms with Gasteiger partial charge in [-0.2, -0.15) is 0 Å². The van der Waals surface area contributed by atoms with E-state index in [1.54, 1.807) is 0 Å². The van der Waals surface area contributed by atoms with Crippen molar-refractivity contribution >= 4 is 11.6 Å². The zero-order chi connectivity index (χ0) is 7.68. The second-order valence-corrected chi connectivity index (χ2v) is 3.56. The summed E-state index contributed by atoms with van der Waals surface area (Å²) in [4.78, 5) is 0. The second-order valence-electron chi connectivity index (χ2n) is 3.15. The molecule has 1 aliphatic rings. The zero-order valence-corrected chi connectivity index (χ0v) is 7.14. The number of hydrogen-bond donors (Lipinski definition) is 0. The highest BCUT2D eigenvalue weighted by molar-refractivity contribution is 6.31. The standard InChI is InChI=1S/C10H11Cl/c11-10-7-2-1-6-9(10)8-4-3-5-8/h1-2,6-8H,3-5H2. The molecule has 11 heavy (non-hydrogen) atoms. The van der Waals surface area contributed by atoms with Crippen molar-refractivity contribution in [2.75, 3.05) is 0 Å². The molecule has 0 aromatic heterocycles. The summed E-state index contributed by atoms with van der Waals surface area (Å²) >= 11 is 6.03. The van der Waals surface area contributed by atoms with Gasteiger partial charge < -0.3 is 0 Å². The van der Waals surface area contributed by atoms with Gasteiger partial charge in [-0.1, -0.05) is 36.2 Å². The van der Waals surface area contributed by atoms with Gasteiger partial charge in [0.1, 0.15) is 0 Å². The molecular formula is C10H11Cl. The fraction of sp³-hybridized carbons (Fsp3) is 0.400. The monoisotopic (exact) mass is 166 g/mol. The molecule has 0 atom stereocenters. The number of hydrogen-bond acceptors (Lipinski definition) is 0. The molecule has 0 unspecified atom stereocenters. The molecule has 0 aliphatic heterocycles. The van der Waals surface area contributed by atoms with Gasteiger partial charge in [-0.05, 0) is 30.4 Å². The van der Waals surface area contributed by atoms with Gasteiger partial charge in [-0.3, -0.25) is 0 Å². The van der Waals surface area contributed by atoms with Crippen LogP contribution in [0.4, 0.5) is 0 Å². The van der Waals surface area contributed by atoms with Crippen molar-refractivity contribution in [3.63, 3.8) is 0 Å². The first kappa shape index (κ1) is 7.17. The minimum atomic E-state index is 0.753. The van der Waals surface area contributed by atoms with E-state index >= 15 is 0 Å². The van der Waals surface area contributed by atoms with E-state index in [9.17, 15) is 0 Å². The molecular weight excluding hydrogens is 156 g/mol. The lowest BCUT2D eigenvalue weighted by Gasteiger charge is -2.26. The molecule has 0 radical (unpaired) electrons. The summed E-state index contributed by atoms with van der Waals surface area (Å²) in [6, 6.07) is 8.19. The summed E-state index contributed by atoms with van der Waals surface area (Å²) in [5, 5.41) is 0.942. The fourth-order valence-corrected chi connectivity index (χ4v) is 1.82. The molecule has 0 nitrogen and oxygen atoms in total. The van der Waals surface area contributed by atoms with E-state index in [1.807, 2.05) is 12.1 Å². The molecule has 1 aromatic carbocycles. The molecule has 2 rings (SSSR count). The molecule has 1 aliphatic carbocycles. The maximum absolute atomic E-state index is 6.03. The van der Waals surface area contributed by atoms with Crippen molar-refractivity contribution in [3.05, 3.63) is 34.9 Å². The van der Waals surface area contributed by atoms with E-state index in [4.69, 9.17) is 11.6 Å². The van der Waals surface area contributed by atoms with E-state index in [0.29, 0.717) is 0 Å². The van der Waals surface area contributed by atoms with Crippen LogP contribution in [-0.4, -0.2) is 0 Å². The third-order valence-corrected chi connectivity index (χ3v) is 2.79. The lowest BCUT2D eigenvalue weighted by molar-refractivity contribution is 0.420. The molecule has 0 spiro atoms. The van der Waals surface area contributed by atoms with Crippen molar-refractivity contribution in [1.82, 2.24) is 0 Å². The summed E-state index contributed by atoms with van der Waals surface area (Å²) in [6.07, 6.45) is 4.02. The Labute approximate surface area is 72.2 Å². The SMILES string of the molecule is Clc1ccccc1C1CCC1. The smallest absolute Gasteiger partial charge is 0.0440 e. The topological polar surface area (TPSA) is 0 Å². The van der Waals surface area contributed by atoms with Crippen LogP contribution >= 0.6 is 11.6 Å². The molecule has 1 fully saturated rings. The van der Waals surface area contributed by atoms with Crippen molar-refractivity contribution in [2.24, 2.45) is 0 Å². The first-order chi connectivity index (χ1) is 5.38. The third-order valence-electron chi connectivity index (χ3n) is 2.45. The van der Waals surface area contributed by atoms with Crippen molar-refractivity contribution in [2.45, 2.75) is 25.2 Å². The van der Waals surface area contributed by atoms with Gasteiger partial charge >= 0.3 is 0 Å². The molecule has 1 heteroatoms. The van der Waals surface area contributed by atoms with Gasteiger partial charge in [0.05, 0.1) is 0 Å². The van der Waals surface area contributed by atoms with Crippen LogP contribution in [0.2, 0.25) is 5.02 Å². The Morgan fingerprint density at radius 3 is 2.45 bits per heavy atom.